The van der Waals surface area contributed by atoms with Crippen molar-refractivity contribution in [3.63, 3.8) is 0 Å². The number of aryl methyl sites for hydroxylation is 1. The highest BCUT2D eigenvalue weighted by molar-refractivity contribution is 6.15. The number of benzene rings is 2. The van der Waals surface area contributed by atoms with Crippen molar-refractivity contribution in [1.29, 1.82) is 0 Å². The Kier molecular flexibility index (Phi) is 5.49. The molecule has 6 nitrogen and oxygen atoms in total. The molecule has 1 heterocycles. The van der Waals surface area contributed by atoms with Gasteiger partial charge in [-0.05, 0) is 56.5 Å². The van der Waals surface area contributed by atoms with Crippen molar-refractivity contribution >= 4 is 29.2 Å². The summed E-state index contributed by atoms with van der Waals surface area (Å²) in [6.45, 7) is 3.82. The molecule has 0 saturated heterocycles. The fourth-order valence-electron chi connectivity index (χ4n) is 3.31. The van der Waals surface area contributed by atoms with Gasteiger partial charge in [0, 0.05) is 17.9 Å². The smallest absolute Gasteiger partial charge is 0.337 e. The van der Waals surface area contributed by atoms with Crippen molar-refractivity contribution in [3.05, 3.63) is 59.7 Å². The van der Waals surface area contributed by atoms with Crippen LogP contribution >= 0.6 is 0 Å². The van der Waals surface area contributed by atoms with E-state index in [0.717, 1.165) is 24.1 Å². The van der Waals surface area contributed by atoms with Gasteiger partial charge in [0.2, 0.25) is 11.8 Å². The Bertz CT molecular complexity index is 920. The zero-order valence-electron chi connectivity index (χ0n) is 16.3. The van der Waals surface area contributed by atoms with Crippen molar-refractivity contribution in [2.45, 2.75) is 26.7 Å². The van der Waals surface area contributed by atoms with E-state index in [-0.39, 0.29) is 5.91 Å². The quantitative estimate of drug-likeness (QED) is 0.651. The minimum Gasteiger partial charge on any atom is -0.465 e. The maximum atomic E-state index is 13.2. The number of ether oxygens (including phenoxy) is 1. The van der Waals surface area contributed by atoms with Gasteiger partial charge in [-0.2, -0.15) is 0 Å². The van der Waals surface area contributed by atoms with Crippen LogP contribution in [0, 0.1) is 5.41 Å². The van der Waals surface area contributed by atoms with Crippen LogP contribution < -0.4 is 10.2 Å². The minimum atomic E-state index is -1.27. The molecule has 146 valence electrons. The van der Waals surface area contributed by atoms with E-state index in [4.69, 9.17) is 4.74 Å². The van der Waals surface area contributed by atoms with Gasteiger partial charge in [0.05, 0.1) is 12.7 Å². The van der Waals surface area contributed by atoms with E-state index in [9.17, 15) is 14.4 Å². The molecule has 0 atom stereocenters. The number of anilines is 2. The Morgan fingerprint density at radius 1 is 1.07 bits per heavy atom. The van der Waals surface area contributed by atoms with E-state index in [1.807, 2.05) is 24.3 Å². The van der Waals surface area contributed by atoms with Gasteiger partial charge in [-0.3, -0.25) is 9.59 Å². The number of hydrogen-bond acceptors (Lipinski definition) is 4. The molecule has 3 rings (SSSR count). The third kappa shape index (κ3) is 3.76. The van der Waals surface area contributed by atoms with E-state index >= 15 is 0 Å². The monoisotopic (exact) mass is 380 g/mol. The summed E-state index contributed by atoms with van der Waals surface area (Å²) in [5.41, 5.74) is 1.48. The molecular weight excluding hydrogens is 356 g/mol. The standard InChI is InChI=1S/C22H24N2O4/c1-22(2,20(26)23-17-11-6-9-16(14-17)19(25)28-3)21(27)24-13-7-10-15-8-4-5-12-18(15)24/h4-6,8-9,11-12,14H,7,10,13H2,1-3H3,(H,23,26). The normalized spacial score (nSPS) is 13.5. The van der Waals surface area contributed by atoms with E-state index in [2.05, 4.69) is 5.32 Å². The maximum Gasteiger partial charge on any atom is 0.337 e. The van der Waals surface area contributed by atoms with E-state index in [1.54, 1.807) is 36.9 Å². The average molecular weight is 380 g/mol. The zero-order valence-corrected chi connectivity index (χ0v) is 16.3. The molecule has 0 saturated carbocycles. The number of rotatable bonds is 4. The number of esters is 1. The fourth-order valence-corrected chi connectivity index (χ4v) is 3.31. The number of fused-ring (bicyclic) bond motifs is 1. The number of carbonyl (C=O) groups is 3. The van der Waals surface area contributed by atoms with E-state index in [0.29, 0.717) is 17.8 Å². The molecule has 2 aromatic rings. The lowest BCUT2D eigenvalue weighted by Gasteiger charge is -2.35. The number of nitrogens with zero attached hydrogens (tertiary/aromatic N) is 1. The molecule has 1 aliphatic heterocycles. The molecule has 6 heteroatoms. The fraction of sp³-hybridized carbons (Fsp3) is 0.318. The largest absolute Gasteiger partial charge is 0.465 e. The number of hydrogen-bond donors (Lipinski definition) is 1. The van der Waals surface area contributed by atoms with Crippen LogP contribution in [-0.4, -0.2) is 31.4 Å². The van der Waals surface area contributed by atoms with Crippen LogP contribution in [0.2, 0.25) is 0 Å². The van der Waals surface area contributed by atoms with Gasteiger partial charge in [-0.25, -0.2) is 4.79 Å². The summed E-state index contributed by atoms with van der Waals surface area (Å²) in [4.78, 5) is 39.5. The number of carbonyl (C=O) groups excluding carboxylic acids is 3. The van der Waals surface area contributed by atoms with Crippen LogP contribution in [0.5, 0.6) is 0 Å². The number of para-hydroxylation sites is 1. The molecule has 1 aliphatic rings. The van der Waals surface area contributed by atoms with Crippen molar-refractivity contribution in [2.24, 2.45) is 5.41 Å². The van der Waals surface area contributed by atoms with Gasteiger partial charge in [-0.1, -0.05) is 24.3 Å². The Hall–Kier alpha value is -3.15. The molecule has 0 unspecified atom stereocenters. The van der Waals surface area contributed by atoms with Crippen molar-refractivity contribution in [1.82, 2.24) is 0 Å². The second-order valence-electron chi connectivity index (χ2n) is 7.34. The molecule has 1 N–H and O–H groups in total. The van der Waals surface area contributed by atoms with Crippen LogP contribution in [0.25, 0.3) is 0 Å². The summed E-state index contributed by atoms with van der Waals surface area (Å²) in [7, 11) is 1.30. The lowest BCUT2D eigenvalue weighted by atomic mass is 9.88. The summed E-state index contributed by atoms with van der Waals surface area (Å²) < 4.78 is 4.70. The predicted octanol–water partition coefficient (Wildman–Crippen LogP) is 3.42. The minimum absolute atomic E-state index is 0.249. The van der Waals surface area contributed by atoms with Gasteiger partial charge in [0.25, 0.3) is 0 Å². The molecule has 0 spiro atoms. The molecular formula is C22H24N2O4. The summed E-state index contributed by atoms with van der Waals surface area (Å²) >= 11 is 0. The topological polar surface area (TPSA) is 75.7 Å². The molecule has 0 aromatic heterocycles. The first-order valence-corrected chi connectivity index (χ1v) is 9.24. The first-order chi connectivity index (χ1) is 13.3. The van der Waals surface area contributed by atoms with Crippen molar-refractivity contribution < 1.29 is 19.1 Å². The van der Waals surface area contributed by atoms with Crippen molar-refractivity contribution in [2.75, 3.05) is 23.9 Å². The molecule has 0 bridgehead atoms. The Morgan fingerprint density at radius 2 is 1.82 bits per heavy atom. The van der Waals surface area contributed by atoms with Gasteiger partial charge in [-0.15, -0.1) is 0 Å². The Balaban J connectivity index is 1.80. The predicted molar refractivity (Wildman–Crippen MR) is 107 cm³/mol. The van der Waals surface area contributed by atoms with Gasteiger partial charge in [0.1, 0.15) is 5.41 Å². The first-order valence-electron chi connectivity index (χ1n) is 9.24. The van der Waals surface area contributed by atoms with Crippen LogP contribution in [0.3, 0.4) is 0 Å². The number of methoxy groups -OCH3 is 1. The Labute approximate surface area is 164 Å². The summed E-state index contributed by atoms with van der Waals surface area (Å²) in [6.07, 6.45) is 1.79. The molecule has 2 aromatic carbocycles. The number of nitrogens with one attached hydrogen (secondary N) is 1. The van der Waals surface area contributed by atoms with Crippen molar-refractivity contribution in [3.8, 4) is 0 Å². The first kappa shape index (κ1) is 19.6. The third-order valence-electron chi connectivity index (χ3n) is 5.00. The van der Waals surface area contributed by atoms with Crippen LogP contribution in [0.4, 0.5) is 11.4 Å². The van der Waals surface area contributed by atoms with Gasteiger partial charge >= 0.3 is 5.97 Å². The highest BCUT2D eigenvalue weighted by atomic mass is 16.5. The van der Waals surface area contributed by atoms with Crippen LogP contribution in [0.1, 0.15) is 36.2 Å². The molecule has 0 fully saturated rings. The molecule has 2 amide bonds. The van der Waals surface area contributed by atoms with Gasteiger partial charge in [0.15, 0.2) is 0 Å². The highest BCUT2D eigenvalue weighted by Gasteiger charge is 2.40. The lowest BCUT2D eigenvalue weighted by Crippen LogP contribution is -2.49. The lowest BCUT2D eigenvalue weighted by molar-refractivity contribution is -0.136. The van der Waals surface area contributed by atoms with E-state index < -0.39 is 17.3 Å². The van der Waals surface area contributed by atoms with Crippen LogP contribution in [-0.2, 0) is 20.7 Å². The third-order valence-corrected chi connectivity index (χ3v) is 5.00. The zero-order chi connectivity index (χ0) is 20.3. The number of amides is 2. The summed E-state index contributed by atoms with van der Waals surface area (Å²) in [5.74, 6) is -1.17. The van der Waals surface area contributed by atoms with Gasteiger partial charge < -0.3 is 15.0 Å². The van der Waals surface area contributed by atoms with Crippen LogP contribution in [0.15, 0.2) is 48.5 Å². The summed E-state index contributed by atoms with van der Waals surface area (Å²) in [6, 6.07) is 14.2. The summed E-state index contributed by atoms with van der Waals surface area (Å²) in [5, 5.41) is 2.75. The molecule has 28 heavy (non-hydrogen) atoms. The Morgan fingerprint density at radius 3 is 2.57 bits per heavy atom. The average Bonchev–Trinajstić information content (AvgIpc) is 2.72. The second kappa shape index (κ2) is 7.84. The van der Waals surface area contributed by atoms with E-state index in [1.165, 1.54) is 13.2 Å². The SMILES string of the molecule is COC(=O)c1cccc(NC(=O)C(C)(C)C(=O)N2CCCc3ccccc32)c1. The maximum absolute atomic E-state index is 13.2. The second-order valence-corrected chi connectivity index (χ2v) is 7.34. The highest BCUT2D eigenvalue weighted by Crippen LogP contribution is 2.31. The molecule has 0 radical (unpaired) electrons. The molecule has 0 aliphatic carbocycles.